The average molecular weight is 346 g/mol. The number of fused-ring (bicyclic) bond motifs is 1. The number of hydrogen-bond acceptors (Lipinski definition) is 5. The van der Waals surface area contributed by atoms with Crippen LogP contribution in [0.2, 0.25) is 0 Å². The Bertz CT molecular complexity index is 808. The summed E-state index contributed by atoms with van der Waals surface area (Å²) in [5, 5.41) is 1.00. The second kappa shape index (κ2) is 5.65. The predicted octanol–water partition coefficient (Wildman–Crippen LogP) is 3.90. The molecule has 1 aromatic carbocycles. The SMILES string of the molecule is COc1nc(Oc2cccc3ccc(C)nc23)ncc1Br. The Morgan fingerprint density at radius 1 is 1.10 bits per heavy atom. The minimum atomic E-state index is 0.214. The van der Waals surface area contributed by atoms with Crippen molar-refractivity contribution in [2.24, 2.45) is 0 Å². The lowest BCUT2D eigenvalue weighted by Gasteiger charge is -2.08. The zero-order valence-corrected chi connectivity index (χ0v) is 13.1. The third-order valence-electron chi connectivity index (χ3n) is 2.91. The van der Waals surface area contributed by atoms with Crippen LogP contribution in [-0.2, 0) is 0 Å². The van der Waals surface area contributed by atoms with Gasteiger partial charge in [0.1, 0.15) is 5.52 Å². The summed E-state index contributed by atoms with van der Waals surface area (Å²) in [5.41, 5.74) is 1.70. The highest BCUT2D eigenvalue weighted by molar-refractivity contribution is 9.10. The van der Waals surface area contributed by atoms with E-state index in [0.717, 1.165) is 16.6 Å². The van der Waals surface area contributed by atoms with Crippen molar-refractivity contribution < 1.29 is 9.47 Å². The Morgan fingerprint density at radius 3 is 2.76 bits per heavy atom. The van der Waals surface area contributed by atoms with Crippen LogP contribution in [0.1, 0.15) is 5.69 Å². The molecule has 3 rings (SSSR count). The van der Waals surface area contributed by atoms with Crippen molar-refractivity contribution in [1.29, 1.82) is 0 Å². The molecule has 0 N–H and O–H groups in total. The van der Waals surface area contributed by atoms with Gasteiger partial charge in [-0.3, -0.25) is 0 Å². The molecule has 0 radical (unpaired) electrons. The lowest BCUT2D eigenvalue weighted by molar-refractivity contribution is 0.374. The van der Waals surface area contributed by atoms with E-state index in [-0.39, 0.29) is 6.01 Å². The molecule has 0 spiro atoms. The molecule has 6 heteroatoms. The van der Waals surface area contributed by atoms with E-state index in [1.54, 1.807) is 13.3 Å². The first-order chi connectivity index (χ1) is 10.2. The average Bonchev–Trinajstić information content (AvgIpc) is 2.50. The van der Waals surface area contributed by atoms with Crippen LogP contribution in [-0.4, -0.2) is 22.1 Å². The molecule has 5 nitrogen and oxygen atoms in total. The molecule has 0 bridgehead atoms. The number of para-hydroxylation sites is 1. The summed E-state index contributed by atoms with van der Waals surface area (Å²) in [6.07, 6.45) is 1.59. The van der Waals surface area contributed by atoms with Crippen molar-refractivity contribution in [2.45, 2.75) is 6.92 Å². The quantitative estimate of drug-likeness (QED) is 0.720. The molecule has 21 heavy (non-hydrogen) atoms. The van der Waals surface area contributed by atoms with Crippen LogP contribution in [0.4, 0.5) is 0 Å². The van der Waals surface area contributed by atoms with Crippen molar-refractivity contribution in [3.05, 3.63) is 46.7 Å². The summed E-state index contributed by atoms with van der Waals surface area (Å²) in [4.78, 5) is 12.8. The molecule has 0 aliphatic rings. The maximum atomic E-state index is 5.76. The maximum Gasteiger partial charge on any atom is 0.325 e. The van der Waals surface area contributed by atoms with Crippen molar-refractivity contribution in [1.82, 2.24) is 15.0 Å². The van der Waals surface area contributed by atoms with Gasteiger partial charge in [0, 0.05) is 11.1 Å². The molecule has 0 saturated heterocycles. The minimum Gasteiger partial charge on any atom is -0.480 e. The fraction of sp³-hybridized carbons (Fsp3) is 0.133. The second-order valence-electron chi connectivity index (χ2n) is 4.39. The van der Waals surface area contributed by atoms with Crippen molar-refractivity contribution >= 4 is 26.8 Å². The van der Waals surface area contributed by atoms with Crippen LogP contribution in [0, 0.1) is 6.92 Å². The number of nitrogens with zero attached hydrogens (tertiary/aromatic N) is 3. The van der Waals surface area contributed by atoms with E-state index >= 15 is 0 Å². The minimum absolute atomic E-state index is 0.214. The summed E-state index contributed by atoms with van der Waals surface area (Å²) in [7, 11) is 1.54. The van der Waals surface area contributed by atoms with E-state index in [4.69, 9.17) is 9.47 Å². The zero-order valence-electron chi connectivity index (χ0n) is 11.5. The zero-order chi connectivity index (χ0) is 14.8. The number of benzene rings is 1. The van der Waals surface area contributed by atoms with E-state index < -0.39 is 0 Å². The first-order valence-corrected chi connectivity index (χ1v) is 7.07. The van der Waals surface area contributed by atoms with Gasteiger partial charge in [-0.1, -0.05) is 18.2 Å². The number of rotatable bonds is 3. The highest BCUT2D eigenvalue weighted by Crippen LogP contribution is 2.29. The van der Waals surface area contributed by atoms with E-state index in [2.05, 4.69) is 30.9 Å². The molecule has 0 fully saturated rings. The van der Waals surface area contributed by atoms with Gasteiger partial charge in [-0.15, -0.1) is 0 Å². The molecule has 106 valence electrons. The fourth-order valence-corrected chi connectivity index (χ4v) is 2.28. The van der Waals surface area contributed by atoms with Gasteiger partial charge in [-0.25, -0.2) is 9.97 Å². The highest BCUT2D eigenvalue weighted by Gasteiger charge is 2.10. The van der Waals surface area contributed by atoms with Gasteiger partial charge < -0.3 is 9.47 Å². The molecule has 0 atom stereocenters. The molecule has 2 aromatic heterocycles. The smallest absolute Gasteiger partial charge is 0.325 e. The Kier molecular flexibility index (Phi) is 3.70. The van der Waals surface area contributed by atoms with Gasteiger partial charge >= 0.3 is 6.01 Å². The number of aromatic nitrogens is 3. The lowest BCUT2D eigenvalue weighted by Crippen LogP contribution is -1.97. The molecule has 0 aliphatic heterocycles. The van der Waals surface area contributed by atoms with Crippen LogP contribution in [0.15, 0.2) is 41.0 Å². The summed E-state index contributed by atoms with van der Waals surface area (Å²) in [5.74, 6) is 1.03. The molecular weight excluding hydrogens is 334 g/mol. The van der Waals surface area contributed by atoms with Gasteiger partial charge in [0.05, 0.1) is 17.8 Å². The van der Waals surface area contributed by atoms with Crippen LogP contribution in [0.5, 0.6) is 17.6 Å². The molecular formula is C15H12BrN3O2. The van der Waals surface area contributed by atoms with Crippen molar-refractivity contribution in [3.63, 3.8) is 0 Å². The predicted molar refractivity (Wildman–Crippen MR) is 82.8 cm³/mol. The largest absolute Gasteiger partial charge is 0.480 e. The number of pyridine rings is 1. The Balaban J connectivity index is 2.03. The van der Waals surface area contributed by atoms with Gasteiger partial charge in [0.25, 0.3) is 0 Å². The second-order valence-corrected chi connectivity index (χ2v) is 5.25. The number of aryl methyl sites for hydroxylation is 1. The summed E-state index contributed by atoms with van der Waals surface area (Å²) < 4.78 is 11.6. The highest BCUT2D eigenvalue weighted by atomic mass is 79.9. The summed E-state index contributed by atoms with van der Waals surface area (Å²) >= 11 is 3.31. The molecule has 0 saturated carbocycles. The van der Waals surface area contributed by atoms with Gasteiger partial charge in [0.15, 0.2) is 5.75 Å². The number of ether oxygens (including phenoxy) is 2. The van der Waals surface area contributed by atoms with Crippen LogP contribution < -0.4 is 9.47 Å². The standard InChI is InChI=1S/C15H12BrN3O2/c1-9-6-7-10-4-3-5-12(13(10)18-9)21-15-17-8-11(16)14(19-15)20-2/h3-8H,1-2H3. The molecule has 0 aliphatic carbocycles. The molecule has 2 heterocycles. The maximum absolute atomic E-state index is 5.76. The molecule has 0 unspecified atom stereocenters. The normalized spacial score (nSPS) is 10.6. The van der Waals surface area contributed by atoms with E-state index in [9.17, 15) is 0 Å². The van der Waals surface area contributed by atoms with Crippen LogP contribution in [0.25, 0.3) is 10.9 Å². The number of halogens is 1. The first kappa shape index (κ1) is 13.8. The Hall–Kier alpha value is -2.21. The fourth-order valence-electron chi connectivity index (χ4n) is 1.93. The summed E-state index contributed by atoms with van der Waals surface area (Å²) in [6, 6.07) is 9.92. The monoisotopic (exact) mass is 345 g/mol. The number of hydrogen-bond donors (Lipinski definition) is 0. The van der Waals surface area contributed by atoms with Crippen LogP contribution >= 0.6 is 15.9 Å². The van der Waals surface area contributed by atoms with Gasteiger partial charge in [0.2, 0.25) is 5.88 Å². The van der Waals surface area contributed by atoms with E-state index in [0.29, 0.717) is 16.1 Å². The first-order valence-electron chi connectivity index (χ1n) is 6.28. The topological polar surface area (TPSA) is 57.1 Å². The van der Waals surface area contributed by atoms with Gasteiger partial charge in [-0.05, 0) is 35.0 Å². The van der Waals surface area contributed by atoms with E-state index in [1.807, 2.05) is 37.3 Å². The van der Waals surface area contributed by atoms with Crippen molar-refractivity contribution in [2.75, 3.05) is 7.11 Å². The number of methoxy groups -OCH3 is 1. The van der Waals surface area contributed by atoms with Crippen molar-refractivity contribution in [3.8, 4) is 17.6 Å². The van der Waals surface area contributed by atoms with Crippen LogP contribution in [0.3, 0.4) is 0 Å². The molecule has 0 amide bonds. The van der Waals surface area contributed by atoms with E-state index in [1.165, 1.54) is 0 Å². The third kappa shape index (κ3) is 2.80. The Morgan fingerprint density at radius 2 is 1.95 bits per heavy atom. The third-order valence-corrected chi connectivity index (χ3v) is 3.45. The van der Waals surface area contributed by atoms with Gasteiger partial charge in [-0.2, -0.15) is 4.98 Å². The molecule has 3 aromatic rings. The summed E-state index contributed by atoms with van der Waals surface area (Å²) in [6.45, 7) is 1.94. The lowest BCUT2D eigenvalue weighted by atomic mass is 10.2. The Labute approximate surface area is 130 Å².